The number of amides is 2. The van der Waals surface area contributed by atoms with Gasteiger partial charge < -0.3 is 20.5 Å². The van der Waals surface area contributed by atoms with Crippen molar-refractivity contribution in [3.05, 3.63) is 75.2 Å². The molecule has 3 N–H and O–H groups in total. The molecule has 5 rings (SSSR count). The number of fused-ring (bicyclic) bond motifs is 3. The molecule has 1 heterocycles. The van der Waals surface area contributed by atoms with Crippen LogP contribution < -0.4 is 10.6 Å². The molecule has 35 heavy (non-hydrogen) atoms. The summed E-state index contributed by atoms with van der Waals surface area (Å²) in [6.07, 6.45) is 0.0474. The Morgan fingerprint density at radius 1 is 1.06 bits per heavy atom. The number of nitrogens with zero attached hydrogens (tertiary/aromatic N) is 1. The highest BCUT2D eigenvalue weighted by Crippen LogP contribution is 2.44. The minimum Gasteiger partial charge on any atom is -0.481 e. The number of rotatable bonds is 8. The number of hydrogen-bond acceptors (Lipinski definition) is 6. The summed E-state index contributed by atoms with van der Waals surface area (Å²) >= 11 is 1.20. The zero-order valence-corrected chi connectivity index (χ0v) is 19.9. The molecule has 2 aliphatic rings. The van der Waals surface area contributed by atoms with Gasteiger partial charge in [0.2, 0.25) is 0 Å². The van der Waals surface area contributed by atoms with E-state index in [2.05, 4.69) is 39.9 Å². The van der Waals surface area contributed by atoms with E-state index in [-0.39, 0.29) is 36.8 Å². The van der Waals surface area contributed by atoms with Gasteiger partial charge in [-0.25, -0.2) is 9.78 Å². The Labute approximate surface area is 206 Å². The summed E-state index contributed by atoms with van der Waals surface area (Å²) in [7, 11) is 0. The largest absolute Gasteiger partial charge is 0.481 e. The third kappa shape index (κ3) is 4.77. The number of carboxylic acids is 1. The van der Waals surface area contributed by atoms with E-state index in [9.17, 15) is 14.4 Å². The lowest BCUT2D eigenvalue weighted by molar-refractivity contribution is -0.138. The summed E-state index contributed by atoms with van der Waals surface area (Å²) in [5, 5.41) is 15.1. The molecule has 9 heteroatoms. The molecule has 2 atom stereocenters. The molecule has 2 aromatic carbocycles. The zero-order valence-electron chi connectivity index (χ0n) is 19.1. The van der Waals surface area contributed by atoms with Crippen molar-refractivity contribution in [2.24, 2.45) is 11.8 Å². The number of alkyl carbamates (subject to hydrolysis) is 1. The van der Waals surface area contributed by atoms with Crippen LogP contribution in [0.5, 0.6) is 0 Å². The Morgan fingerprint density at radius 3 is 2.34 bits per heavy atom. The van der Waals surface area contributed by atoms with Gasteiger partial charge in [0.15, 0.2) is 0 Å². The van der Waals surface area contributed by atoms with Crippen molar-refractivity contribution in [1.82, 2.24) is 15.6 Å². The Bertz CT molecular complexity index is 1260. The van der Waals surface area contributed by atoms with Gasteiger partial charge in [-0.2, -0.15) is 0 Å². The second kappa shape index (κ2) is 9.50. The molecule has 0 aliphatic heterocycles. The lowest BCUT2D eigenvalue weighted by Gasteiger charge is -2.14. The molecule has 0 saturated heterocycles. The Kier molecular flexibility index (Phi) is 6.25. The molecule has 180 valence electrons. The first-order chi connectivity index (χ1) is 16.9. The molecule has 2 aliphatic carbocycles. The molecule has 1 aromatic heterocycles. The summed E-state index contributed by atoms with van der Waals surface area (Å²) in [5.41, 5.74) is 5.20. The number of benzene rings is 2. The van der Waals surface area contributed by atoms with Crippen LogP contribution in [0.25, 0.3) is 11.1 Å². The zero-order chi connectivity index (χ0) is 24.5. The van der Waals surface area contributed by atoms with E-state index >= 15 is 0 Å². The SMILES string of the molecule is Cc1nc(CNC(=O)OCC2c3ccccc3-c3ccccc32)sc1C(=O)NC[C@H]1C[C@H]1C(=O)O. The van der Waals surface area contributed by atoms with Crippen LogP contribution in [0.4, 0.5) is 4.79 Å². The maximum absolute atomic E-state index is 12.5. The van der Waals surface area contributed by atoms with Crippen LogP contribution in [0.3, 0.4) is 0 Å². The van der Waals surface area contributed by atoms with E-state index in [4.69, 9.17) is 9.84 Å². The number of aliphatic carboxylic acids is 1. The molecule has 1 fully saturated rings. The number of aryl methyl sites for hydroxylation is 1. The average molecular weight is 492 g/mol. The Morgan fingerprint density at radius 2 is 1.71 bits per heavy atom. The van der Waals surface area contributed by atoms with Crippen LogP contribution >= 0.6 is 11.3 Å². The maximum Gasteiger partial charge on any atom is 0.407 e. The number of carbonyl (C=O) groups is 3. The molecule has 2 amide bonds. The fraction of sp³-hybridized carbons (Fsp3) is 0.308. The van der Waals surface area contributed by atoms with Crippen molar-refractivity contribution in [2.45, 2.75) is 25.8 Å². The number of thiazole rings is 1. The third-order valence-corrected chi connectivity index (χ3v) is 7.70. The standard InChI is InChI=1S/C26H25N3O5S/c1-14-23(24(30)27-11-15-10-20(15)25(31)32)35-22(29-14)12-28-26(33)34-13-21-18-8-4-2-6-16(18)17-7-3-5-9-19(17)21/h2-9,15,20-21H,10-13H2,1H3,(H,27,30)(H,28,33)(H,31,32)/t15-,20-/m1/s1. The van der Waals surface area contributed by atoms with Crippen LogP contribution in [0.2, 0.25) is 0 Å². The fourth-order valence-corrected chi connectivity index (χ4v) is 5.54. The van der Waals surface area contributed by atoms with E-state index in [0.29, 0.717) is 28.5 Å². The summed E-state index contributed by atoms with van der Waals surface area (Å²) in [5.74, 6) is -1.49. The smallest absolute Gasteiger partial charge is 0.407 e. The highest BCUT2D eigenvalue weighted by molar-refractivity contribution is 7.13. The predicted molar refractivity (Wildman–Crippen MR) is 130 cm³/mol. The van der Waals surface area contributed by atoms with Crippen molar-refractivity contribution in [2.75, 3.05) is 13.2 Å². The molecule has 1 saturated carbocycles. The minimum absolute atomic E-state index is 0.0145. The van der Waals surface area contributed by atoms with Crippen LogP contribution in [0.1, 0.15) is 43.8 Å². The van der Waals surface area contributed by atoms with Crippen molar-refractivity contribution < 1.29 is 24.2 Å². The highest BCUT2D eigenvalue weighted by Gasteiger charge is 2.43. The van der Waals surface area contributed by atoms with Crippen molar-refractivity contribution in [1.29, 1.82) is 0 Å². The lowest BCUT2D eigenvalue weighted by atomic mass is 9.98. The quantitative estimate of drug-likeness (QED) is 0.439. The second-order valence-electron chi connectivity index (χ2n) is 8.85. The van der Waals surface area contributed by atoms with Crippen LogP contribution in [-0.2, 0) is 16.1 Å². The van der Waals surface area contributed by atoms with Gasteiger partial charge in [-0.15, -0.1) is 11.3 Å². The molecule has 3 aromatic rings. The highest BCUT2D eigenvalue weighted by atomic mass is 32.1. The van der Waals surface area contributed by atoms with Gasteiger partial charge in [0.1, 0.15) is 16.5 Å². The summed E-state index contributed by atoms with van der Waals surface area (Å²) in [6, 6.07) is 16.3. The summed E-state index contributed by atoms with van der Waals surface area (Å²) < 4.78 is 5.55. The van der Waals surface area contributed by atoms with E-state index in [0.717, 1.165) is 11.1 Å². The van der Waals surface area contributed by atoms with Gasteiger partial charge in [0.25, 0.3) is 5.91 Å². The molecule has 0 unspecified atom stereocenters. The van der Waals surface area contributed by atoms with Gasteiger partial charge in [-0.1, -0.05) is 48.5 Å². The van der Waals surface area contributed by atoms with Gasteiger partial charge in [-0.3, -0.25) is 9.59 Å². The predicted octanol–water partition coefficient (Wildman–Crippen LogP) is 3.94. The molecular formula is C26H25N3O5S. The van der Waals surface area contributed by atoms with Crippen molar-refractivity contribution in [3.8, 4) is 11.1 Å². The summed E-state index contributed by atoms with van der Waals surface area (Å²) in [6.45, 7) is 2.45. The van der Waals surface area contributed by atoms with Gasteiger partial charge in [0.05, 0.1) is 18.2 Å². The van der Waals surface area contributed by atoms with E-state index in [1.807, 2.05) is 24.3 Å². The third-order valence-electron chi connectivity index (χ3n) is 6.54. The molecule has 0 spiro atoms. The minimum atomic E-state index is -0.820. The number of carbonyl (C=O) groups excluding carboxylic acids is 2. The van der Waals surface area contributed by atoms with Crippen LogP contribution in [0.15, 0.2) is 48.5 Å². The van der Waals surface area contributed by atoms with Gasteiger partial charge >= 0.3 is 12.1 Å². The van der Waals surface area contributed by atoms with Gasteiger partial charge in [-0.05, 0) is 41.5 Å². The summed E-state index contributed by atoms with van der Waals surface area (Å²) in [4.78, 5) is 40.7. The first-order valence-corrected chi connectivity index (χ1v) is 12.3. The normalized spacial score (nSPS) is 17.9. The second-order valence-corrected chi connectivity index (χ2v) is 9.94. The molecule has 8 nitrogen and oxygen atoms in total. The number of nitrogens with one attached hydrogen (secondary N) is 2. The number of hydrogen-bond donors (Lipinski definition) is 3. The molecular weight excluding hydrogens is 466 g/mol. The molecule has 0 bridgehead atoms. The first kappa shape index (κ1) is 23.0. The van der Waals surface area contributed by atoms with Crippen LogP contribution in [0, 0.1) is 18.8 Å². The monoisotopic (exact) mass is 491 g/mol. The number of carboxylic acid groups (broad SMARTS) is 1. The topological polar surface area (TPSA) is 118 Å². The van der Waals surface area contributed by atoms with Gasteiger partial charge in [0, 0.05) is 12.5 Å². The van der Waals surface area contributed by atoms with Crippen molar-refractivity contribution in [3.63, 3.8) is 0 Å². The van der Waals surface area contributed by atoms with Crippen LogP contribution in [-0.4, -0.2) is 41.2 Å². The number of aromatic nitrogens is 1. The Hall–Kier alpha value is -3.72. The fourth-order valence-electron chi connectivity index (χ4n) is 4.62. The molecule has 0 radical (unpaired) electrons. The van der Waals surface area contributed by atoms with E-state index in [1.54, 1.807) is 6.92 Å². The first-order valence-electron chi connectivity index (χ1n) is 11.5. The number of ether oxygens (including phenoxy) is 1. The van der Waals surface area contributed by atoms with Crippen molar-refractivity contribution >= 4 is 29.3 Å². The van der Waals surface area contributed by atoms with E-state index < -0.39 is 12.1 Å². The average Bonchev–Trinajstić information content (AvgIpc) is 3.45. The lowest BCUT2D eigenvalue weighted by Crippen LogP contribution is -2.26. The maximum atomic E-state index is 12.5. The van der Waals surface area contributed by atoms with E-state index in [1.165, 1.54) is 22.5 Å². The Balaban J connectivity index is 1.13.